The molecule has 0 aromatic heterocycles. The van der Waals surface area contributed by atoms with E-state index >= 15 is 0 Å². The Bertz CT molecular complexity index is 202. The highest BCUT2D eigenvalue weighted by atomic mass is 16.5. The van der Waals surface area contributed by atoms with Gasteiger partial charge in [-0.25, -0.2) is 0 Å². The molecule has 0 radical (unpaired) electrons. The van der Waals surface area contributed by atoms with Crippen LogP contribution in [-0.4, -0.2) is 37.5 Å². The second-order valence-corrected chi connectivity index (χ2v) is 4.59. The highest BCUT2D eigenvalue weighted by molar-refractivity contribution is 5.07. The number of hydrogen-bond acceptors (Lipinski definition) is 3. The average Bonchev–Trinajstić information content (AvgIpc) is 2.25. The molecule has 0 aliphatic carbocycles. The van der Waals surface area contributed by atoms with Crippen molar-refractivity contribution in [2.75, 3.05) is 26.4 Å². The Labute approximate surface area is 92.5 Å². The fourth-order valence-corrected chi connectivity index (χ4v) is 1.80. The van der Waals surface area contributed by atoms with Gasteiger partial charge in [-0.15, -0.1) is 0 Å². The molecule has 1 rings (SSSR count). The molecular formula is C12H23NO2. The van der Waals surface area contributed by atoms with E-state index in [0.717, 1.165) is 32.6 Å². The van der Waals surface area contributed by atoms with Crippen molar-refractivity contribution < 1.29 is 9.84 Å². The number of aliphatic hydroxyl groups is 1. The van der Waals surface area contributed by atoms with Crippen LogP contribution in [0.3, 0.4) is 0 Å². The van der Waals surface area contributed by atoms with Crippen LogP contribution in [0.2, 0.25) is 0 Å². The summed E-state index contributed by atoms with van der Waals surface area (Å²) in [5.74, 6) is 0.617. The minimum absolute atomic E-state index is 0.215. The highest BCUT2D eigenvalue weighted by Crippen LogP contribution is 2.07. The Hall–Kier alpha value is -0.380. The predicted octanol–water partition coefficient (Wildman–Crippen LogP) is 1.33. The van der Waals surface area contributed by atoms with Crippen LogP contribution in [-0.2, 0) is 4.74 Å². The molecule has 0 saturated carbocycles. The van der Waals surface area contributed by atoms with E-state index in [2.05, 4.69) is 25.2 Å². The second-order valence-electron chi connectivity index (χ2n) is 4.59. The average molecular weight is 213 g/mol. The van der Waals surface area contributed by atoms with E-state index in [1.807, 2.05) is 0 Å². The smallest absolute Gasteiger partial charge is 0.0689 e. The van der Waals surface area contributed by atoms with E-state index in [4.69, 9.17) is 4.74 Å². The Morgan fingerprint density at radius 2 is 2.33 bits per heavy atom. The van der Waals surface area contributed by atoms with Gasteiger partial charge < -0.3 is 15.2 Å². The lowest BCUT2D eigenvalue weighted by atomic mass is 10.0. The first kappa shape index (κ1) is 12.7. The molecule has 2 N–H and O–H groups in total. The van der Waals surface area contributed by atoms with Crippen LogP contribution in [0.5, 0.6) is 0 Å². The van der Waals surface area contributed by atoms with Gasteiger partial charge in [-0.3, -0.25) is 0 Å². The molecule has 1 heterocycles. The molecule has 1 aliphatic heterocycles. The first-order chi connectivity index (χ1) is 7.22. The zero-order chi connectivity index (χ0) is 11.1. The van der Waals surface area contributed by atoms with Gasteiger partial charge in [0, 0.05) is 12.6 Å². The summed E-state index contributed by atoms with van der Waals surface area (Å²) in [6, 6.07) is 0.216. The predicted molar refractivity (Wildman–Crippen MR) is 61.9 cm³/mol. The molecule has 0 aromatic carbocycles. The van der Waals surface area contributed by atoms with Gasteiger partial charge in [-0.05, 0) is 24.3 Å². The van der Waals surface area contributed by atoms with Crippen molar-refractivity contribution >= 4 is 0 Å². The highest BCUT2D eigenvalue weighted by Gasteiger charge is 2.10. The number of hydrogen-bond donors (Lipinski definition) is 2. The van der Waals surface area contributed by atoms with Gasteiger partial charge >= 0.3 is 0 Å². The fraction of sp³-hybridized carbons (Fsp3) is 0.833. The van der Waals surface area contributed by atoms with Crippen molar-refractivity contribution in [3.05, 3.63) is 11.6 Å². The molecule has 0 spiro atoms. The molecule has 1 aliphatic rings. The van der Waals surface area contributed by atoms with E-state index in [1.54, 1.807) is 0 Å². The van der Waals surface area contributed by atoms with Crippen LogP contribution in [0.4, 0.5) is 0 Å². The second kappa shape index (κ2) is 6.99. The molecule has 0 bridgehead atoms. The van der Waals surface area contributed by atoms with Crippen LogP contribution in [0, 0.1) is 5.92 Å². The van der Waals surface area contributed by atoms with Crippen molar-refractivity contribution in [1.82, 2.24) is 5.32 Å². The fourth-order valence-electron chi connectivity index (χ4n) is 1.80. The topological polar surface area (TPSA) is 41.5 Å². The zero-order valence-corrected chi connectivity index (χ0v) is 9.83. The summed E-state index contributed by atoms with van der Waals surface area (Å²) < 4.78 is 5.36. The Morgan fingerprint density at radius 1 is 1.53 bits per heavy atom. The van der Waals surface area contributed by atoms with Crippen LogP contribution >= 0.6 is 0 Å². The molecule has 0 amide bonds. The summed E-state index contributed by atoms with van der Waals surface area (Å²) in [6.45, 7) is 7.00. The first-order valence-electron chi connectivity index (χ1n) is 5.82. The molecule has 0 fully saturated rings. The maximum Gasteiger partial charge on any atom is 0.0689 e. The number of nitrogens with one attached hydrogen (secondary N) is 1. The number of rotatable bonds is 6. The van der Waals surface area contributed by atoms with Crippen molar-refractivity contribution in [2.45, 2.75) is 32.7 Å². The van der Waals surface area contributed by atoms with Crippen LogP contribution in [0.1, 0.15) is 26.7 Å². The lowest BCUT2D eigenvalue weighted by molar-refractivity contribution is 0.147. The van der Waals surface area contributed by atoms with E-state index in [9.17, 15) is 5.11 Å². The third kappa shape index (κ3) is 5.30. The zero-order valence-electron chi connectivity index (χ0n) is 9.83. The maximum absolute atomic E-state index is 9.19. The van der Waals surface area contributed by atoms with Crippen molar-refractivity contribution in [1.29, 1.82) is 0 Å². The van der Waals surface area contributed by atoms with E-state index in [0.29, 0.717) is 5.92 Å². The third-order valence-corrected chi connectivity index (χ3v) is 2.58. The minimum atomic E-state index is 0.215. The lowest BCUT2D eigenvalue weighted by Gasteiger charge is -2.20. The molecule has 88 valence electrons. The minimum Gasteiger partial charge on any atom is -0.395 e. The SMILES string of the molecule is CC(C)CC(CO)NCC1=CCCOC1. The summed E-state index contributed by atoms with van der Waals surface area (Å²) in [4.78, 5) is 0. The van der Waals surface area contributed by atoms with E-state index in [1.165, 1.54) is 5.57 Å². The van der Waals surface area contributed by atoms with Gasteiger partial charge in [0.25, 0.3) is 0 Å². The van der Waals surface area contributed by atoms with Gasteiger partial charge in [0.2, 0.25) is 0 Å². The van der Waals surface area contributed by atoms with Gasteiger partial charge in [0.1, 0.15) is 0 Å². The maximum atomic E-state index is 9.19. The summed E-state index contributed by atoms with van der Waals surface area (Å²) in [5.41, 5.74) is 1.31. The summed E-state index contributed by atoms with van der Waals surface area (Å²) in [5, 5.41) is 12.6. The third-order valence-electron chi connectivity index (χ3n) is 2.58. The van der Waals surface area contributed by atoms with Crippen LogP contribution < -0.4 is 5.32 Å². The van der Waals surface area contributed by atoms with E-state index in [-0.39, 0.29) is 12.6 Å². The number of ether oxygens (including phenoxy) is 1. The standard InChI is InChI=1S/C12H23NO2/c1-10(2)6-12(8-14)13-7-11-4-3-5-15-9-11/h4,10,12-14H,3,5-9H2,1-2H3. The molecule has 1 unspecified atom stereocenters. The summed E-state index contributed by atoms with van der Waals surface area (Å²) in [6.07, 6.45) is 4.27. The quantitative estimate of drug-likeness (QED) is 0.654. The molecular weight excluding hydrogens is 190 g/mol. The Morgan fingerprint density at radius 3 is 2.87 bits per heavy atom. The summed E-state index contributed by atoms with van der Waals surface area (Å²) >= 11 is 0. The van der Waals surface area contributed by atoms with E-state index < -0.39 is 0 Å². The lowest BCUT2D eigenvalue weighted by Crippen LogP contribution is -2.36. The van der Waals surface area contributed by atoms with Gasteiger partial charge in [-0.2, -0.15) is 0 Å². The van der Waals surface area contributed by atoms with Gasteiger partial charge in [-0.1, -0.05) is 19.9 Å². The normalized spacial score (nSPS) is 19.1. The van der Waals surface area contributed by atoms with Crippen LogP contribution in [0.15, 0.2) is 11.6 Å². The first-order valence-corrected chi connectivity index (χ1v) is 5.82. The monoisotopic (exact) mass is 213 g/mol. The number of aliphatic hydroxyl groups excluding tert-OH is 1. The molecule has 0 aromatic rings. The molecule has 0 saturated heterocycles. The molecule has 1 atom stereocenters. The van der Waals surface area contributed by atoms with Crippen LogP contribution in [0.25, 0.3) is 0 Å². The molecule has 3 nitrogen and oxygen atoms in total. The largest absolute Gasteiger partial charge is 0.395 e. The van der Waals surface area contributed by atoms with Gasteiger partial charge in [0.15, 0.2) is 0 Å². The molecule has 15 heavy (non-hydrogen) atoms. The van der Waals surface area contributed by atoms with Crippen molar-refractivity contribution in [3.63, 3.8) is 0 Å². The van der Waals surface area contributed by atoms with Crippen molar-refractivity contribution in [3.8, 4) is 0 Å². The van der Waals surface area contributed by atoms with Crippen molar-refractivity contribution in [2.24, 2.45) is 5.92 Å². The van der Waals surface area contributed by atoms with Gasteiger partial charge in [0.05, 0.1) is 19.8 Å². The Kier molecular flexibility index (Phi) is 5.91. The summed E-state index contributed by atoms with van der Waals surface area (Å²) in [7, 11) is 0. The Balaban J connectivity index is 2.23. The molecule has 3 heteroatoms.